The predicted molar refractivity (Wildman–Crippen MR) is 71.1 cm³/mol. The molecular formula is C13H22N2O5. The molecule has 2 unspecified atom stereocenters. The highest BCUT2D eigenvalue weighted by Crippen LogP contribution is 2.21. The highest BCUT2D eigenvalue weighted by Gasteiger charge is 2.36. The van der Waals surface area contributed by atoms with Crippen LogP contribution in [0.3, 0.4) is 0 Å². The summed E-state index contributed by atoms with van der Waals surface area (Å²) in [5.41, 5.74) is -0.594. The molecule has 7 nitrogen and oxygen atoms in total. The van der Waals surface area contributed by atoms with E-state index in [0.717, 1.165) is 0 Å². The van der Waals surface area contributed by atoms with Crippen molar-refractivity contribution in [3.63, 3.8) is 0 Å². The van der Waals surface area contributed by atoms with Crippen LogP contribution in [0.25, 0.3) is 0 Å². The maximum absolute atomic E-state index is 12.1. The van der Waals surface area contributed by atoms with Crippen LogP contribution in [0.15, 0.2) is 0 Å². The van der Waals surface area contributed by atoms with Crippen LogP contribution >= 0.6 is 0 Å². The van der Waals surface area contributed by atoms with Crippen LogP contribution in [0.2, 0.25) is 0 Å². The van der Waals surface area contributed by atoms with Crippen molar-refractivity contribution >= 4 is 18.0 Å². The fourth-order valence-electron chi connectivity index (χ4n) is 2.17. The lowest BCUT2D eigenvalue weighted by Crippen LogP contribution is -2.53. The first kappa shape index (κ1) is 16.3. The minimum absolute atomic E-state index is 0.259. The number of ether oxygens (including phenoxy) is 1. The highest BCUT2D eigenvalue weighted by atomic mass is 16.5. The smallest absolute Gasteiger partial charge is 0.326 e. The van der Waals surface area contributed by atoms with Crippen molar-refractivity contribution in [1.82, 2.24) is 10.2 Å². The van der Waals surface area contributed by atoms with Gasteiger partial charge in [0.2, 0.25) is 0 Å². The van der Waals surface area contributed by atoms with Gasteiger partial charge in [0.15, 0.2) is 0 Å². The topological polar surface area (TPSA) is 95.9 Å². The number of aliphatic carboxylic acids is 1. The lowest BCUT2D eigenvalue weighted by molar-refractivity contribution is -0.145. The van der Waals surface area contributed by atoms with E-state index < -0.39 is 23.5 Å². The van der Waals surface area contributed by atoms with Crippen molar-refractivity contribution < 1.29 is 24.2 Å². The molecule has 1 aliphatic rings. The second-order valence-corrected chi connectivity index (χ2v) is 6.04. The number of rotatable bonds is 3. The summed E-state index contributed by atoms with van der Waals surface area (Å²) in [4.78, 5) is 36.1. The molecule has 1 saturated heterocycles. The minimum atomic E-state index is -1.07. The Morgan fingerprint density at radius 3 is 2.40 bits per heavy atom. The number of amides is 2. The van der Waals surface area contributed by atoms with E-state index in [2.05, 4.69) is 10.1 Å². The SMILES string of the molecule is COC(=O)C1CCN(C(=O)NC(C(=O)O)C(C)(C)C)C1. The summed E-state index contributed by atoms with van der Waals surface area (Å²) < 4.78 is 4.64. The summed E-state index contributed by atoms with van der Waals surface area (Å²) in [6.07, 6.45) is 0.535. The van der Waals surface area contributed by atoms with Crippen LogP contribution in [0.1, 0.15) is 27.2 Å². The van der Waals surface area contributed by atoms with Gasteiger partial charge < -0.3 is 20.1 Å². The third-order valence-electron chi connectivity index (χ3n) is 3.39. The lowest BCUT2D eigenvalue weighted by Gasteiger charge is -2.29. The monoisotopic (exact) mass is 286 g/mol. The molecule has 1 heterocycles. The second kappa shape index (κ2) is 6.11. The number of nitrogens with one attached hydrogen (secondary N) is 1. The van der Waals surface area contributed by atoms with Gasteiger partial charge in [0.25, 0.3) is 0 Å². The van der Waals surface area contributed by atoms with E-state index in [1.165, 1.54) is 12.0 Å². The molecule has 0 aliphatic carbocycles. The Morgan fingerprint density at radius 2 is 1.95 bits per heavy atom. The van der Waals surface area contributed by atoms with Gasteiger partial charge in [-0.15, -0.1) is 0 Å². The Bertz CT molecular complexity index is 402. The molecule has 20 heavy (non-hydrogen) atoms. The van der Waals surface area contributed by atoms with E-state index in [-0.39, 0.29) is 18.4 Å². The number of carbonyl (C=O) groups is 3. The fraction of sp³-hybridized carbons (Fsp3) is 0.769. The zero-order valence-electron chi connectivity index (χ0n) is 12.3. The summed E-state index contributed by atoms with van der Waals surface area (Å²) in [7, 11) is 1.31. The average molecular weight is 286 g/mol. The molecule has 0 radical (unpaired) electrons. The number of esters is 1. The number of carbonyl (C=O) groups excluding carboxylic acids is 2. The molecule has 2 atom stereocenters. The van der Waals surface area contributed by atoms with Crippen LogP contribution in [0.5, 0.6) is 0 Å². The number of hydrogen-bond donors (Lipinski definition) is 2. The molecule has 1 aliphatic heterocycles. The lowest BCUT2D eigenvalue weighted by atomic mass is 9.87. The van der Waals surface area contributed by atoms with Gasteiger partial charge in [-0.3, -0.25) is 4.79 Å². The molecule has 1 fully saturated rings. The summed E-state index contributed by atoms with van der Waals surface area (Å²) in [5.74, 6) is -1.75. The number of hydrogen-bond acceptors (Lipinski definition) is 4. The molecule has 2 amide bonds. The Balaban J connectivity index is 2.64. The maximum Gasteiger partial charge on any atom is 0.326 e. The first-order valence-corrected chi connectivity index (χ1v) is 6.53. The molecule has 0 saturated carbocycles. The highest BCUT2D eigenvalue weighted by molar-refractivity contribution is 5.84. The van der Waals surface area contributed by atoms with Crippen LogP contribution in [-0.4, -0.2) is 54.2 Å². The van der Waals surface area contributed by atoms with Crippen molar-refractivity contribution in [3.05, 3.63) is 0 Å². The van der Waals surface area contributed by atoms with Crippen LogP contribution < -0.4 is 5.32 Å². The summed E-state index contributed by atoms with van der Waals surface area (Å²) in [6.45, 7) is 5.91. The van der Waals surface area contributed by atoms with Gasteiger partial charge in [-0.25, -0.2) is 9.59 Å². The summed E-state index contributed by atoms with van der Waals surface area (Å²) in [6, 6.07) is -1.44. The van der Waals surface area contributed by atoms with Gasteiger partial charge in [-0.2, -0.15) is 0 Å². The average Bonchev–Trinajstić information content (AvgIpc) is 2.82. The van der Waals surface area contributed by atoms with Crippen molar-refractivity contribution in [2.24, 2.45) is 11.3 Å². The van der Waals surface area contributed by atoms with Crippen molar-refractivity contribution in [3.8, 4) is 0 Å². The molecular weight excluding hydrogens is 264 g/mol. The summed E-state index contributed by atoms with van der Waals surface area (Å²) in [5, 5.41) is 11.7. The number of carboxylic acid groups (broad SMARTS) is 1. The van der Waals surface area contributed by atoms with Gasteiger partial charge in [-0.1, -0.05) is 20.8 Å². The first-order chi connectivity index (χ1) is 9.16. The van der Waals surface area contributed by atoms with E-state index in [1.54, 1.807) is 20.8 Å². The van der Waals surface area contributed by atoms with Gasteiger partial charge in [0, 0.05) is 13.1 Å². The Labute approximate surface area is 118 Å². The number of nitrogens with zero attached hydrogens (tertiary/aromatic N) is 1. The van der Waals surface area contributed by atoms with E-state index in [0.29, 0.717) is 13.0 Å². The number of urea groups is 1. The van der Waals surface area contributed by atoms with Gasteiger partial charge >= 0.3 is 18.0 Å². The molecule has 7 heteroatoms. The van der Waals surface area contributed by atoms with Gasteiger partial charge in [0.05, 0.1) is 13.0 Å². The van der Waals surface area contributed by atoms with Crippen molar-refractivity contribution in [1.29, 1.82) is 0 Å². The van der Waals surface area contributed by atoms with Gasteiger partial charge in [0.1, 0.15) is 6.04 Å². The molecule has 114 valence electrons. The number of methoxy groups -OCH3 is 1. The zero-order chi connectivity index (χ0) is 15.5. The Morgan fingerprint density at radius 1 is 1.35 bits per heavy atom. The largest absolute Gasteiger partial charge is 0.480 e. The molecule has 1 rings (SSSR count). The zero-order valence-corrected chi connectivity index (χ0v) is 12.3. The first-order valence-electron chi connectivity index (χ1n) is 6.53. The van der Waals surface area contributed by atoms with Crippen LogP contribution in [0.4, 0.5) is 4.79 Å². The van der Waals surface area contributed by atoms with Gasteiger partial charge in [-0.05, 0) is 11.8 Å². The van der Waals surface area contributed by atoms with E-state index >= 15 is 0 Å². The number of carboxylic acids is 1. The Hall–Kier alpha value is -1.79. The summed E-state index contributed by atoms with van der Waals surface area (Å²) >= 11 is 0. The van der Waals surface area contributed by atoms with Crippen molar-refractivity contribution in [2.45, 2.75) is 33.2 Å². The van der Waals surface area contributed by atoms with Crippen molar-refractivity contribution in [2.75, 3.05) is 20.2 Å². The molecule has 0 bridgehead atoms. The standard InChI is InChI=1S/C13H22N2O5/c1-13(2,3)9(10(16)17)14-12(19)15-6-5-8(7-15)11(18)20-4/h8-9H,5-7H2,1-4H3,(H,14,19)(H,16,17). The number of likely N-dealkylation sites (tertiary alicyclic amines) is 1. The quantitative estimate of drug-likeness (QED) is 0.744. The molecule has 0 aromatic rings. The normalized spacial score (nSPS) is 20.4. The van der Waals surface area contributed by atoms with Crippen LogP contribution in [-0.2, 0) is 14.3 Å². The molecule has 0 aromatic heterocycles. The third kappa shape index (κ3) is 3.85. The minimum Gasteiger partial charge on any atom is -0.480 e. The predicted octanol–water partition coefficient (Wildman–Crippen LogP) is 0.690. The second-order valence-electron chi connectivity index (χ2n) is 6.04. The fourth-order valence-corrected chi connectivity index (χ4v) is 2.17. The van der Waals surface area contributed by atoms with Crippen LogP contribution in [0, 0.1) is 11.3 Å². The molecule has 0 aromatic carbocycles. The van der Waals surface area contributed by atoms with E-state index in [9.17, 15) is 19.5 Å². The van der Waals surface area contributed by atoms with E-state index in [1.807, 2.05) is 0 Å². The van der Waals surface area contributed by atoms with E-state index in [4.69, 9.17) is 0 Å². The Kier molecular flexibility index (Phi) is 4.97. The third-order valence-corrected chi connectivity index (χ3v) is 3.39. The maximum atomic E-state index is 12.1. The molecule has 2 N–H and O–H groups in total. The molecule has 0 spiro atoms.